The van der Waals surface area contributed by atoms with Crippen LogP contribution in [-0.2, 0) is 18.3 Å². The molecule has 2 aromatic rings. The molecular formula is C19H26N2O2. The van der Waals surface area contributed by atoms with Crippen molar-refractivity contribution >= 4 is 16.8 Å². The molecule has 0 radical (unpaired) electrons. The van der Waals surface area contributed by atoms with Crippen LogP contribution in [0, 0.1) is 5.41 Å². The second-order valence-electron chi connectivity index (χ2n) is 7.11. The number of carbonyl (C=O) groups is 1. The second kappa shape index (κ2) is 6.36. The van der Waals surface area contributed by atoms with E-state index in [0.717, 1.165) is 25.7 Å². The van der Waals surface area contributed by atoms with Crippen molar-refractivity contribution < 1.29 is 9.90 Å². The Morgan fingerprint density at radius 3 is 3.00 bits per heavy atom. The number of amides is 1. The topological polar surface area (TPSA) is 54.3 Å². The van der Waals surface area contributed by atoms with Gasteiger partial charge < -0.3 is 15.0 Å². The summed E-state index contributed by atoms with van der Waals surface area (Å²) in [5.41, 5.74) is 2.26. The number of benzene rings is 1. The van der Waals surface area contributed by atoms with Crippen LogP contribution in [0.25, 0.3) is 10.9 Å². The number of hydrogen-bond acceptors (Lipinski definition) is 2. The van der Waals surface area contributed by atoms with Gasteiger partial charge in [0.2, 0.25) is 5.91 Å². The van der Waals surface area contributed by atoms with Crippen molar-refractivity contribution in [3.8, 4) is 0 Å². The first-order valence-electron chi connectivity index (χ1n) is 8.47. The Kier molecular flexibility index (Phi) is 4.44. The minimum Gasteiger partial charge on any atom is -0.396 e. The van der Waals surface area contributed by atoms with Gasteiger partial charge in [0, 0.05) is 42.0 Å². The summed E-state index contributed by atoms with van der Waals surface area (Å²) in [5.74, 6) is 0.0875. The lowest BCUT2D eigenvalue weighted by Crippen LogP contribution is -2.44. The van der Waals surface area contributed by atoms with Crippen LogP contribution in [0.2, 0.25) is 0 Å². The van der Waals surface area contributed by atoms with E-state index in [1.54, 1.807) is 0 Å². The molecule has 2 N–H and O–H groups in total. The quantitative estimate of drug-likeness (QED) is 0.891. The molecule has 124 valence electrons. The third-order valence-electron chi connectivity index (χ3n) is 5.38. The molecule has 1 fully saturated rings. The standard InChI is InChI=1S/C19H26N2O2/c1-19(13-22)11-5-8-17(19)20-18(23)10-9-14-12-21(2)16-7-4-3-6-15(14)16/h3-4,6-7,12,17,22H,5,8-11,13H2,1-2H3,(H,20,23). The highest BCUT2D eigenvalue weighted by molar-refractivity contribution is 5.85. The molecule has 2 unspecified atom stereocenters. The highest BCUT2D eigenvalue weighted by atomic mass is 16.3. The van der Waals surface area contributed by atoms with Gasteiger partial charge in [-0.2, -0.15) is 0 Å². The molecule has 0 bridgehead atoms. The molecule has 4 heteroatoms. The third-order valence-corrected chi connectivity index (χ3v) is 5.38. The van der Waals surface area contributed by atoms with Gasteiger partial charge in [0.15, 0.2) is 0 Å². The van der Waals surface area contributed by atoms with Crippen molar-refractivity contribution in [1.82, 2.24) is 9.88 Å². The van der Waals surface area contributed by atoms with Crippen molar-refractivity contribution in [2.24, 2.45) is 12.5 Å². The number of carbonyl (C=O) groups excluding carboxylic acids is 1. The summed E-state index contributed by atoms with van der Waals surface area (Å²) in [7, 11) is 2.04. The molecule has 2 atom stereocenters. The summed E-state index contributed by atoms with van der Waals surface area (Å²) in [4.78, 5) is 12.3. The summed E-state index contributed by atoms with van der Waals surface area (Å²) < 4.78 is 2.11. The number of nitrogens with zero attached hydrogens (tertiary/aromatic N) is 1. The van der Waals surface area contributed by atoms with Crippen molar-refractivity contribution in [2.45, 2.75) is 45.1 Å². The Labute approximate surface area is 137 Å². The molecule has 1 aliphatic rings. The number of aliphatic hydroxyl groups excluding tert-OH is 1. The highest BCUT2D eigenvalue weighted by Gasteiger charge is 2.38. The van der Waals surface area contributed by atoms with Crippen LogP contribution in [-0.4, -0.2) is 28.2 Å². The average molecular weight is 314 g/mol. The van der Waals surface area contributed by atoms with Crippen molar-refractivity contribution in [1.29, 1.82) is 0 Å². The van der Waals surface area contributed by atoms with Gasteiger partial charge in [-0.25, -0.2) is 0 Å². The zero-order valence-electron chi connectivity index (χ0n) is 14.0. The number of rotatable bonds is 5. The molecule has 1 saturated carbocycles. The van der Waals surface area contributed by atoms with E-state index >= 15 is 0 Å². The minimum atomic E-state index is -0.158. The predicted octanol–water partition coefficient (Wildman–Crippen LogP) is 2.78. The summed E-state index contributed by atoms with van der Waals surface area (Å²) in [6, 6.07) is 8.39. The molecule has 3 rings (SSSR count). The predicted molar refractivity (Wildman–Crippen MR) is 92.2 cm³/mol. The van der Waals surface area contributed by atoms with Crippen molar-refractivity contribution in [2.75, 3.05) is 6.61 Å². The maximum Gasteiger partial charge on any atom is 0.220 e. The fraction of sp³-hybridized carbons (Fsp3) is 0.526. The van der Waals surface area contributed by atoms with Gasteiger partial charge in [-0.05, 0) is 30.9 Å². The van der Waals surface area contributed by atoms with Crippen LogP contribution in [0.4, 0.5) is 0 Å². The fourth-order valence-electron chi connectivity index (χ4n) is 3.81. The smallest absolute Gasteiger partial charge is 0.220 e. The number of fused-ring (bicyclic) bond motifs is 1. The lowest BCUT2D eigenvalue weighted by Gasteiger charge is -2.30. The first-order valence-corrected chi connectivity index (χ1v) is 8.47. The van der Waals surface area contributed by atoms with Gasteiger partial charge in [0.1, 0.15) is 0 Å². The number of aryl methyl sites for hydroxylation is 2. The maximum absolute atomic E-state index is 12.3. The minimum absolute atomic E-state index is 0.0875. The molecule has 1 amide bonds. The molecular weight excluding hydrogens is 288 g/mol. The van der Waals surface area contributed by atoms with Gasteiger partial charge in [0.25, 0.3) is 0 Å². The molecule has 1 aliphatic carbocycles. The molecule has 4 nitrogen and oxygen atoms in total. The number of para-hydroxylation sites is 1. The van der Waals surface area contributed by atoms with Gasteiger partial charge >= 0.3 is 0 Å². The van der Waals surface area contributed by atoms with Crippen molar-refractivity contribution in [3.63, 3.8) is 0 Å². The lowest BCUT2D eigenvalue weighted by molar-refractivity contribution is -0.122. The van der Waals surface area contributed by atoms with Gasteiger partial charge in [-0.15, -0.1) is 0 Å². The Morgan fingerprint density at radius 1 is 1.43 bits per heavy atom. The van der Waals surface area contributed by atoms with Gasteiger partial charge in [-0.3, -0.25) is 4.79 Å². The van der Waals surface area contributed by atoms with E-state index in [9.17, 15) is 9.90 Å². The lowest BCUT2D eigenvalue weighted by atomic mass is 9.85. The maximum atomic E-state index is 12.3. The Morgan fingerprint density at radius 2 is 2.22 bits per heavy atom. The van der Waals surface area contributed by atoms with E-state index in [1.807, 2.05) is 19.2 Å². The van der Waals surface area contributed by atoms with E-state index in [4.69, 9.17) is 0 Å². The molecule has 23 heavy (non-hydrogen) atoms. The number of nitrogens with one attached hydrogen (secondary N) is 1. The Bertz CT molecular complexity index is 706. The number of aliphatic hydroxyl groups is 1. The molecule has 1 aromatic carbocycles. The van der Waals surface area contributed by atoms with Gasteiger partial charge in [-0.1, -0.05) is 31.5 Å². The van der Waals surface area contributed by atoms with E-state index in [-0.39, 0.29) is 24.0 Å². The van der Waals surface area contributed by atoms with Gasteiger partial charge in [0.05, 0.1) is 6.61 Å². The first-order chi connectivity index (χ1) is 11.0. The van der Waals surface area contributed by atoms with E-state index in [1.165, 1.54) is 16.5 Å². The largest absolute Gasteiger partial charge is 0.396 e. The third kappa shape index (κ3) is 3.13. The summed E-state index contributed by atoms with van der Waals surface area (Å²) >= 11 is 0. The summed E-state index contributed by atoms with van der Waals surface area (Å²) in [6.07, 6.45) is 6.38. The van der Waals surface area contributed by atoms with Crippen LogP contribution in [0.15, 0.2) is 30.5 Å². The van der Waals surface area contributed by atoms with Crippen LogP contribution in [0.5, 0.6) is 0 Å². The van der Waals surface area contributed by atoms with E-state index in [0.29, 0.717) is 6.42 Å². The monoisotopic (exact) mass is 314 g/mol. The SMILES string of the molecule is Cn1cc(CCC(=O)NC2CCCC2(C)CO)c2ccccc21. The second-order valence-corrected chi connectivity index (χ2v) is 7.11. The average Bonchev–Trinajstić information content (AvgIpc) is 3.07. The van der Waals surface area contributed by atoms with Crippen LogP contribution in [0.3, 0.4) is 0 Å². The Hall–Kier alpha value is -1.81. The van der Waals surface area contributed by atoms with E-state index < -0.39 is 0 Å². The molecule has 1 heterocycles. The van der Waals surface area contributed by atoms with Crippen LogP contribution in [0.1, 0.15) is 38.2 Å². The molecule has 0 spiro atoms. The first kappa shape index (κ1) is 16.1. The Balaban J connectivity index is 1.63. The zero-order chi connectivity index (χ0) is 16.4. The normalized spacial score (nSPS) is 24.2. The van der Waals surface area contributed by atoms with Crippen LogP contribution < -0.4 is 5.32 Å². The molecule has 1 aromatic heterocycles. The van der Waals surface area contributed by atoms with E-state index in [2.05, 4.69) is 35.1 Å². The summed E-state index contributed by atoms with van der Waals surface area (Å²) in [5, 5.41) is 13.9. The fourth-order valence-corrected chi connectivity index (χ4v) is 3.81. The highest BCUT2D eigenvalue weighted by Crippen LogP contribution is 2.37. The number of aromatic nitrogens is 1. The van der Waals surface area contributed by atoms with Crippen molar-refractivity contribution in [3.05, 3.63) is 36.0 Å². The number of hydrogen-bond donors (Lipinski definition) is 2. The summed E-state index contributed by atoms with van der Waals surface area (Å²) in [6.45, 7) is 2.21. The molecule has 0 aliphatic heterocycles. The molecule has 0 saturated heterocycles. The van der Waals surface area contributed by atoms with Crippen LogP contribution >= 0.6 is 0 Å². The zero-order valence-corrected chi connectivity index (χ0v) is 14.0.